The maximum Gasteiger partial charge on any atom is 0.122 e. The van der Waals surface area contributed by atoms with Crippen LogP contribution in [-0.4, -0.2) is 25.9 Å². The molecule has 0 saturated carbocycles. The first kappa shape index (κ1) is 13.7. The third-order valence-corrected chi connectivity index (χ3v) is 3.92. The van der Waals surface area contributed by atoms with Crippen molar-refractivity contribution in [2.45, 2.75) is 31.9 Å². The third kappa shape index (κ3) is 2.97. The van der Waals surface area contributed by atoms with E-state index in [1.54, 1.807) is 7.11 Å². The van der Waals surface area contributed by atoms with Gasteiger partial charge in [-0.2, -0.15) is 0 Å². The predicted molar refractivity (Wildman–Crippen MR) is 73.2 cm³/mol. The minimum Gasteiger partial charge on any atom is -0.496 e. The second-order valence-electron chi connectivity index (χ2n) is 4.85. The van der Waals surface area contributed by atoms with Crippen LogP contribution in [0.1, 0.15) is 18.9 Å². The number of nitrogens with two attached hydrogens (primary N) is 1. The number of halogens is 1. The lowest BCUT2D eigenvalue weighted by atomic mass is 9.89. The summed E-state index contributed by atoms with van der Waals surface area (Å²) in [6.07, 6.45) is 2.04. The van der Waals surface area contributed by atoms with Crippen LogP contribution in [0.5, 0.6) is 5.75 Å². The molecule has 1 aliphatic heterocycles. The van der Waals surface area contributed by atoms with Gasteiger partial charge in [0.05, 0.1) is 13.2 Å². The Balaban J connectivity index is 2.10. The maximum atomic E-state index is 6.30. The van der Waals surface area contributed by atoms with Crippen LogP contribution in [0.25, 0.3) is 0 Å². The molecule has 0 spiro atoms. The van der Waals surface area contributed by atoms with E-state index in [2.05, 4.69) is 6.92 Å². The molecule has 3 atom stereocenters. The Morgan fingerprint density at radius 2 is 2.33 bits per heavy atom. The van der Waals surface area contributed by atoms with Crippen LogP contribution in [0, 0.1) is 5.92 Å². The van der Waals surface area contributed by atoms with Gasteiger partial charge < -0.3 is 15.2 Å². The average molecular weight is 270 g/mol. The third-order valence-electron chi connectivity index (χ3n) is 3.68. The van der Waals surface area contributed by atoms with Crippen molar-refractivity contribution in [2.24, 2.45) is 11.7 Å². The van der Waals surface area contributed by atoms with E-state index in [4.69, 9.17) is 26.8 Å². The molecule has 100 valence electrons. The van der Waals surface area contributed by atoms with Gasteiger partial charge in [-0.05, 0) is 43.5 Å². The number of methoxy groups -OCH3 is 1. The molecule has 0 amide bonds. The van der Waals surface area contributed by atoms with E-state index >= 15 is 0 Å². The smallest absolute Gasteiger partial charge is 0.122 e. The van der Waals surface area contributed by atoms with Gasteiger partial charge in [0.15, 0.2) is 0 Å². The van der Waals surface area contributed by atoms with Crippen LogP contribution in [-0.2, 0) is 11.2 Å². The molecule has 2 rings (SSSR count). The molecule has 3 nitrogen and oxygen atoms in total. The molecule has 1 aromatic rings. The summed E-state index contributed by atoms with van der Waals surface area (Å²) >= 11 is 6.02. The predicted octanol–water partition coefficient (Wildman–Crippen LogP) is 2.64. The van der Waals surface area contributed by atoms with Gasteiger partial charge in [0.25, 0.3) is 0 Å². The van der Waals surface area contributed by atoms with Crippen molar-refractivity contribution in [3.8, 4) is 5.75 Å². The highest BCUT2D eigenvalue weighted by atomic mass is 35.5. The Bertz CT molecular complexity index is 411. The normalized spacial score (nSPS) is 25.1. The SMILES string of the molecule is COc1ccc(Cl)cc1CC(N)C1CCOC1C. The molecule has 1 aliphatic rings. The van der Waals surface area contributed by atoms with Gasteiger partial charge in [-0.15, -0.1) is 0 Å². The highest BCUT2D eigenvalue weighted by Crippen LogP contribution is 2.28. The van der Waals surface area contributed by atoms with Gasteiger partial charge in [-0.25, -0.2) is 0 Å². The molecule has 1 saturated heterocycles. The van der Waals surface area contributed by atoms with Gasteiger partial charge in [0, 0.05) is 23.6 Å². The van der Waals surface area contributed by atoms with Gasteiger partial charge >= 0.3 is 0 Å². The minimum atomic E-state index is 0.0786. The molecule has 1 aromatic carbocycles. The molecule has 1 fully saturated rings. The molecule has 0 aromatic heterocycles. The number of ether oxygens (including phenoxy) is 2. The van der Waals surface area contributed by atoms with Crippen LogP contribution >= 0.6 is 11.6 Å². The number of hydrogen-bond acceptors (Lipinski definition) is 3. The summed E-state index contributed by atoms with van der Waals surface area (Å²) in [7, 11) is 1.67. The van der Waals surface area contributed by atoms with Crippen molar-refractivity contribution in [1.29, 1.82) is 0 Å². The summed E-state index contributed by atoms with van der Waals surface area (Å²) in [4.78, 5) is 0. The zero-order valence-electron chi connectivity index (χ0n) is 10.9. The zero-order chi connectivity index (χ0) is 13.1. The Morgan fingerprint density at radius 3 is 2.94 bits per heavy atom. The lowest BCUT2D eigenvalue weighted by Gasteiger charge is -2.22. The fourth-order valence-electron chi connectivity index (χ4n) is 2.62. The summed E-state index contributed by atoms with van der Waals surface area (Å²) in [6.45, 7) is 2.90. The first-order chi connectivity index (χ1) is 8.61. The van der Waals surface area contributed by atoms with Crippen molar-refractivity contribution in [3.05, 3.63) is 28.8 Å². The molecule has 0 radical (unpaired) electrons. The van der Waals surface area contributed by atoms with Gasteiger partial charge in [0.1, 0.15) is 5.75 Å². The molecule has 0 aliphatic carbocycles. The fourth-order valence-corrected chi connectivity index (χ4v) is 2.82. The highest BCUT2D eigenvalue weighted by Gasteiger charge is 2.30. The van der Waals surface area contributed by atoms with Crippen LogP contribution in [0.2, 0.25) is 5.02 Å². The van der Waals surface area contributed by atoms with E-state index in [1.165, 1.54) is 0 Å². The summed E-state index contributed by atoms with van der Waals surface area (Å²) in [5.74, 6) is 1.26. The topological polar surface area (TPSA) is 44.5 Å². The zero-order valence-corrected chi connectivity index (χ0v) is 11.6. The summed E-state index contributed by atoms with van der Waals surface area (Å²) < 4.78 is 10.9. The van der Waals surface area contributed by atoms with Gasteiger partial charge in [0.2, 0.25) is 0 Å². The Hall–Kier alpha value is -0.770. The number of rotatable bonds is 4. The van der Waals surface area contributed by atoms with Gasteiger partial charge in [-0.1, -0.05) is 11.6 Å². The largest absolute Gasteiger partial charge is 0.496 e. The van der Waals surface area contributed by atoms with Crippen molar-refractivity contribution in [1.82, 2.24) is 0 Å². The summed E-state index contributed by atoms with van der Waals surface area (Å²) in [5, 5.41) is 0.716. The molecular weight excluding hydrogens is 250 g/mol. The lowest BCUT2D eigenvalue weighted by Crippen LogP contribution is -2.36. The average Bonchev–Trinajstić information content (AvgIpc) is 2.76. The van der Waals surface area contributed by atoms with E-state index in [1.807, 2.05) is 18.2 Å². The van der Waals surface area contributed by atoms with Crippen LogP contribution in [0.3, 0.4) is 0 Å². The Labute approximate surface area is 113 Å². The molecule has 0 bridgehead atoms. The summed E-state index contributed by atoms with van der Waals surface area (Å²) in [5.41, 5.74) is 7.36. The Morgan fingerprint density at radius 1 is 1.56 bits per heavy atom. The van der Waals surface area contributed by atoms with E-state index in [9.17, 15) is 0 Å². The number of hydrogen-bond donors (Lipinski definition) is 1. The van der Waals surface area contributed by atoms with Crippen LogP contribution in [0.15, 0.2) is 18.2 Å². The first-order valence-corrected chi connectivity index (χ1v) is 6.69. The standard InChI is InChI=1S/C14H20ClNO2/c1-9-12(5-6-18-9)13(16)8-10-7-11(15)3-4-14(10)17-2/h3-4,7,9,12-13H,5-6,8,16H2,1-2H3. The van der Waals surface area contributed by atoms with E-state index in [0.717, 1.165) is 30.8 Å². The van der Waals surface area contributed by atoms with Crippen molar-refractivity contribution < 1.29 is 9.47 Å². The molecule has 2 N–H and O–H groups in total. The number of benzene rings is 1. The monoisotopic (exact) mass is 269 g/mol. The van der Waals surface area contributed by atoms with Crippen molar-refractivity contribution in [2.75, 3.05) is 13.7 Å². The van der Waals surface area contributed by atoms with E-state index < -0.39 is 0 Å². The molecule has 18 heavy (non-hydrogen) atoms. The quantitative estimate of drug-likeness (QED) is 0.914. The molecule has 3 unspecified atom stereocenters. The maximum absolute atomic E-state index is 6.30. The fraction of sp³-hybridized carbons (Fsp3) is 0.571. The molecule has 1 heterocycles. The lowest BCUT2D eigenvalue weighted by molar-refractivity contribution is 0.0994. The second kappa shape index (κ2) is 5.91. The van der Waals surface area contributed by atoms with Gasteiger partial charge in [-0.3, -0.25) is 0 Å². The van der Waals surface area contributed by atoms with E-state index in [0.29, 0.717) is 10.9 Å². The molecule has 4 heteroatoms. The highest BCUT2D eigenvalue weighted by molar-refractivity contribution is 6.30. The van der Waals surface area contributed by atoms with Crippen LogP contribution < -0.4 is 10.5 Å². The van der Waals surface area contributed by atoms with Crippen LogP contribution in [0.4, 0.5) is 0 Å². The minimum absolute atomic E-state index is 0.0786. The first-order valence-electron chi connectivity index (χ1n) is 6.31. The Kier molecular flexibility index (Phi) is 4.49. The van der Waals surface area contributed by atoms with Crippen molar-refractivity contribution in [3.63, 3.8) is 0 Å². The van der Waals surface area contributed by atoms with Crippen molar-refractivity contribution >= 4 is 11.6 Å². The molecular formula is C14H20ClNO2. The second-order valence-corrected chi connectivity index (χ2v) is 5.29. The van der Waals surface area contributed by atoms with E-state index in [-0.39, 0.29) is 12.1 Å². The summed E-state index contributed by atoms with van der Waals surface area (Å²) in [6, 6.07) is 5.73.